The lowest BCUT2D eigenvalue weighted by Gasteiger charge is -2.46. The summed E-state index contributed by atoms with van der Waals surface area (Å²) in [6, 6.07) is 13.2. The lowest BCUT2D eigenvalue weighted by Crippen LogP contribution is -2.51. The molecule has 4 nitrogen and oxygen atoms in total. The summed E-state index contributed by atoms with van der Waals surface area (Å²) in [6.07, 6.45) is 7.06. The van der Waals surface area contributed by atoms with Crippen molar-refractivity contribution >= 4 is 5.71 Å². The van der Waals surface area contributed by atoms with E-state index < -0.39 is 6.61 Å². The van der Waals surface area contributed by atoms with Gasteiger partial charge in [0.2, 0.25) is 0 Å². The highest BCUT2D eigenvalue weighted by Crippen LogP contribution is 2.40. The second kappa shape index (κ2) is 9.69. The number of benzene rings is 1. The highest BCUT2D eigenvalue weighted by atomic mass is 19.3. The Bertz CT molecular complexity index is 945. The van der Waals surface area contributed by atoms with Crippen LogP contribution in [0.15, 0.2) is 65.3 Å². The van der Waals surface area contributed by atoms with Crippen molar-refractivity contribution in [3.8, 4) is 5.75 Å². The Balaban J connectivity index is 1.75. The van der Waals surface area contributed by atoms with Crippen LogP contribution in [0, 0.1) is 5.92 Å². The third kappa shape index (κ3) is 4.85. The molecule has 0 radical (unpaired) electrons. The third-order valence-electron chi connectivity index (χ3n) is 6.31. The van der Waals surface area contributed by atoms with E-state index in [1.54, 1.807) is 12.1 Å². The SMILES string of the molecule is CC1=CCCN=C1[C@H]1C(C)CC[C@@H](c2ccccn2)N1Cc1ccccc1OC(F)F. The van der Waals surface area contributed by atoms with Gasteiger partial charge >= 0.3 is 6.61 Å². The summed E-state index contributed by atoms with van der Waals surface area (Å²) in [5.74, 6) is 0.621. The quantitative estimate of drug-likeness (QED) is 0.586. The fourth-order valence-corrected chi connectivity index (χ4v) is 4.86. The number of para-hydroxylation sites is 1. The summed E-state index contributed by atoms with van der Waals surface area (Å²) in [4.78, 5) is 11.9. The van der Waals surface area contributed by atoms with Crippen molar-refractivity contribution in [2.75, 3.05) is 6.54 Å². The molecule has 4 rings (SSSR count). The standard InChI is InChI=1S/C25H29F2N3O/c1-17-8-7-15-29-23(17)24-18(2)12-13-21(20-10-5-6-14-28-20)30(24)16-19-9-3-4-11-22(19)31-25(26)27/h3-6,8-11,14,18,21,24-25H,7,12-13,15-16H2,1-2H3/t18?,21-,24+/m0/s1. The van der Waals surface area contributed by atoms with Crippen LogP contribution in [0.1, 0.15) is 50.4 Å². The van der Waals surface area contributed by atoms with Gasteiger partial charge < -0.3 is 4.74 Å². The minimum absolute atomic E-state index is 0.0828. The summed E-state index contributed by atoms with van der Waals surface area (Å²) in [5, 5.41) is 0. The number of piperidine rings is 1. The van der Waals surface area contributed by atoms with E-state index in [-0.39, 0.29) is 17.8 Å². The van der Waals surface area contributed by atoms with E-state index in [9.17, 15) is 8.78 Å². The van der Waals surface area contributed by atoms with Crippen molar-refractivity contribution in [2.24, 2.45) is 10.9 Å². The first kappa shape index (κ1) is 21.6. The number of halogens is 2. The number of hydrogen-bond donors (Lipinski definition) is 0. The zero-order chi connectivity index (χ0) is 21.8. The van der Waals surface area contributed by atoms with E-state index in [0.29, 0.717) is 12.5 Å². The van der Waals surface area contributed by atoms with Crippen LogP contribution in [-0.2, 0) is 6.54 Å². The van der Waals surface area contributed by atoms with Crippen LogP contribution in [0.5, 0.6) is 5.75 Å². The van der Waals surface area contributed by atoms with Crippen molar-refractivity contribution < 1.29 is 13.5 Å². The normalized spacial score (nSPS) is 24.6. The summed E-state index contributed by atoms with van der Waals surface area (Å²) < 4.78 is 30.9. The van der Waals surface area contributed by atoms with Gasteiger partial charge in [0.15, 0.2) is 0 Å². The molecular formula is C25H29F2N3O. The van der Waals surface area contributed by atoms with Gasteiger partial charge in [-0.1, -0.05) is 37.3 Å². The molecule has 1 aromatic heterocycles. The predicted octanol–water partition coefficient (Wildman–Crippen LogP) is 5.82. The van der Waals surface area contributed by atoms with Gasteiger partial charge in [-0.2, -0.15) is 8.78 Å². The van der Waals surface area contributed by atoms with Crippen LogP contribution in [0.4, 0.5) is 8.78 Å². The van der Waals surface area contributed by atoms with Crippen molar-refractivity contribution in [1.29, 1.82) is 0 Å². The van der Waals surface area contributed by atoms with Crippen LogP contribution in [0.2, 0.25) is 0 Å². The molecule has 6 heteroatoms. The van der Waals surface area contributed by atoms with Crippen molar-refractivity contribution in [1.82, 2.24) is 9.88 Å². The van der Waals surface area contributed by atoms with Crippen LogP contribution in [0.3, 0.4) is 0 Å². The second-order valence-corrected chi connectivity index (χ2v) is 8.37. The Morgan fingerprint density at radius 3 is 2.68 bits per heavy atom. The number of dihydropyridines is 1. The lowest BCUT2D eigenvalue weighted by molar-refractivity contribution is -0.0512. The summed E-state index contributed by atoms with van der Waals surface area (Å²) in [7, 11) is 0. The van der Waals surface area contributed by atoms with Gasteiger partial charge in [0, 0.05) is 24.8 Å². The first-order valence-corrected chi connectivity index (χ1v) is 11.0. The van der Waals surface area contributed by atoms with E-state index in [1.165, 1.54) is 5.57 Å². The Morgan fingerprint density at radius 1 is 1.13 bits per heavy atom. The Hall–Kier alpha value is -2.60. The topological polar surface area (TPSA) is 37.7 Å². The zero-order valence-corrected chi connectivity index (χ0v) is 18.0. The maximum Gasteiger partial charge on any atom is 0.387 e. The van der Waals surface area contributed by atoms with Crippen molar-refractivity contribution in [3.63, 3.8) is 0 Å². The van der Waals surface area contributed by atoms with Crippen LogP contribution in [0.25, 0.3) is 0 Å². The molecule has 0 amide bonds. The van der Waals surface area contributed by atoms with E-state index >= 15 is 0 Å². The average Bonchev–Trinajstić information content (AvgIpc) is 2.76. The fraction of sp³-hybridized carbons (Fsp3) is 0.440. The first-order chi connectivity index (χ1) is 15.0. The molecule has 2 aromatic rings. The minimum Gasteiger partial charge on any atom is -0.434 e. The van der Waals surface area contributed by atoms with Gasteiger partial charge in [0.05, 0.1) is 23.5 Å². The molecule has 1 fully saturated rings. The molecule has 0 N–H and O–H groups in total. The van der Waals surface area contributed by atoms with E-state index in [2.05, 4.69) is 35.9 Å². The first-order valence-electron chi connectivity index (χ1n) is 11.0. The molecule has 3 heterocycles. The molecule has 2 aliphatic rings. The van der Waals surface area contributed by atoms with Crippen LogP contribution >= 0.6 is 0 Å². The zero-order valence-electron chi connectivity index (χ0n) is 18.0. The number of pyridine rings is 1. The summed E-state index contributed by atoms with van der Waals surface area (Å²) in [5.41, 5.74) is 4.09. The number of ether oxygens (including phenoxy) is 1. The Kier molecular flexibility index (Phi) is 6.76. The maximum atomic E-state index is 13.0. The molecular weight excluding hydrogens is 396 g/mol. The molecule has 0 saturated carbocycles. The third-order valence-corrected chi connectivity index (χ3v) is 6.31. The molecule has 1 aromatic carbocycles. The van der Waals surface area contributed by atoms with Crippen LogP contribution in [-0.4, -0.2) is 34.8 Å². The lowest BCUT2D eigenvalue weighted by atomic mass is 9.80. The largest absolute Gasteiger partial charge is 0.434 e. The highest BCUT2D eigenvalue weighted by Gasteiger charge is 2.40. The van der Waals surface area contributed by atoms with E-state index in [0.717, 1.165) is 42.8 Å². The Morgan fingerprint density at radius 2 is 1.94 bits per heavy atom. The number of rotatable bonds is 6. The molecule has 0 bridgehead atoms. The summed E-state index contributed by atoms with van der Waals surface area (Å²) in [6.45, 7) is 2.82. The molecule has 3 atom stereocenters. The van der Waals surface area contributed by atoms with E-state index in [1.807, 2.05) is 30.5 Å². The fourth-order valence-electron chi connectivity index (χ4n) is 4.86. The van der Waals surface area contributed by atoms with Crippen molar-refractivity contribution in [3.05, 3.63) is 71.6 Å². The van der Waals surface area contributed by atoms with Gasteiger partial charge in [-0.05, 0) is 55.9 Å². The number of nitrogens with zero attached hydrogens (tertiary/aromatic N) is 3. The molecule has 2 aliphatic heterocycles. The molecule has 1 saturated heterocycles. The van der Waals surface area contributed by atoms with Gasteiger partial charge in [0.25, 0.3) is 0 Å². The molecule has 0 aliphatic carbocycles. The average molecular weight is 426 g/mol. The van der Waals surface area contributed by atoms with Crippen molar-refractivity contribution in [2.45, 2.75) is 58.3 Å². The van der Waals surface area contributed by atoms with Gasteiger partial charge in [-0.15, -0.1) is 0 Å². The monoisotopic (exact) mass is 425 g/mol. The number of aliphatic imine (C=N–C) groups is 1. The number of aromatic nitrogens is 1. The smallest absolute Gasteiger partial charge is 0.387 e. The molecule has 0 spiro atoms. The van der Waals surface area contributed by atoms with E-state index in [4.69, 9.17) is 9.73 Å². The number of likely N-dealkylation sites (tertiary alicyclic amines) is 1. The second-order valence-electron chi connectivity index (χ2n) is 8.37. The number of hydrogen-bond acceptors (Lipinski definition) is 4. The van der Waals surface area contributed by atoms with Crippen LogP contribution < -0.4 is 4.74 Å². The molecule has 1 unspecified atom stereocenters. The Labute approximate surface area is 182 Å². The predicted molar refractivity (Wildman–Crippen MR) is 118 cm³/mol. The van der Waals surface area contributed by atoms with Gasteiger partial charge in [-0.3, -0.25) is 14.9 Å². The highest BCUT2D eigenvalue weighted by molar-refractivity contribution is 6.04. The maximum absolute atomic E-state index is 13.0. The molecule has 164 valence electrons. The summed E-state index contributed by atoms with van der Waals surface area (Å²) >= 11 is 0. The molecule has 31 heavy (non-hydrogen) atoms. The van der Waals surface area contributed by atoms with Gasteiger partial charge in [-0.25, -0.2) is 0 Å². The number of alkyl halides is 2. The minimum atomic E-state index is -2.85. The van der Waals surface area contributed by atoms with Gasteiger partial charge in [0.1, 0.15) is 5.75 Å².